The highest BCUT2D eigenvalue weighted by molar-refractivity contribution is 8.00. The molecule has 1 amide bonds. The Bertz CT molecular complexity index is 752. The van der Waals surface area contributed by atoms with Crippen LogP contribution in [0.1, 0.15) is 11.1 Å². The molecule has 0 saturated carbocycles. The summed E-state index contributed by atoms with van der Waals surface area (Å²) in [5.41, 5.74) is 4.58. The molecule has 4 nitrogen and oxygen atoms in total. The number of carbonyl (C=O) groups is 1. The summed E-state index contributed by atoms with van der Waals surface area (Å²) in [6.45, 7) is 8.47. The third kappa shape index (κ3) is 5.02. The highest BCUT2D eigenvalue weighted by Gasteiger charge is 2.16. The van der Waals surface area contributed by atoms with Crippen LogP contribution in [0, 0.1) is 13.8 Å². The van der Waals surface area contributed by atoms with E-state index in [4.69, 9.17) is 0 Å². The first kappa shape index (κ1) is 18.8. The SMILES string of the molecule is Cc1ccc(SCC(=O)Nc2ccc(N3CCN(C)CC3)c(C)c2)cc1. The maximum absolute atomic E-state index is 12.2. The van der Waals surface area contributed by atoms with E-state index >= 15 is 0 Å². The van der Waals surface area contributed by atoms with Crippen molar-refractivity contribution in [3.8, 4) is 0 Å². The summed E-state index contributed by atoms with van der Waals surface area (Å²) in [6.07, 6.45) is 0. The smallest absolute Gasteiger partial charge is 0.234 e. The Labute approximate surface area is 160 Å². The second-order valence-electron chi connectivity index (χ2n) is 6.94. The standard InChI is InChI=1S/C21H27N3OS/c1-16-4-7-19(8-5-16)26-15-21(25)22-18-6-9-20(17(2)14-18)24-12-10-23(3)11-13-24/h4-9,14H,10-13,15H2,1-3H3,(H,22,25). The maximum Gasteiger partial charge on any atom is 0.234 e. The number of amides is 1. The topological polar surface area (TPSA) is 35.6 Å². The van der Waals surface area contributed by atoms with Crippen molar-refractivity contribution in [1.82, 2.24) is 4.90 Å². The molecule has 1 aliphatic rings. The summed E-state index contributed by atoms with van der Waals surface area (Å²) >= 11 is 1.56. The van der Waals surface area contributed by atoms with Crippen molar-refractivity contribution in [1.29, 1.82) is 0 Å². The fourth-order valence-electron chi connectivity index (χ4n) is 3.12. The third-order valence-electron chi connectivity index (χ3n) is 4.72. The zero-order valence-electron chi connectivity index (χ0n) is 15.8. The number of anilines is 2. The maximum atomic E-state index is 12.2. The van der Waals surface area contributed by atoms with Gasteiger partial charge in [0, 0.05) is 42.4 Å². The Morgan fingerprint density at radius 3 is 2.38 bits per heavy atom. The minimum absolute atomic E-state index is 0.0299. The van der Waals surface area contributed by atoms with Crippen LogP contribution in [0.5, 0.6) is 0 Å². The predicted molar refractivity (Wildman–Crippen MR) is 111 cm³/mol. The molecule has 1 heterocycles. The monoisotopic (exact) mass is 369 g/mol. The van der Waals surface area contributed by atoms with Crippen LogP contribution in [-0.2, 0) is 4.79 Å². The molecule has 26 heavy (non-hydrogen) atoms. The highest BCUT2D eigenvalue weighted by atomic mass is 32.2. The number of hydrogen-bond acceptors (Lipinski definition) is 4. The van der Waals surface area contributed by atoms with Crippen LogP contribution in [0.3, 0.4) is 0 Å². The minimum atomic E-state index is 0.0299. The summed E-state index contributed by atoms with van der Waals surface area (Å²) in [6, 6.07) is 14.5. The molecule has 0 aliphatic carbocycles. The number of aryl methyl sites for hydroxylation is 2. The number of likely N-dealkylation sites (N-methyl/N-ethyl adjacent to an activating group) is 1. The fraction of sp³-hybridized carbons (Fsp3) is 0.381. The van der Waals surface area contributed by atoms with Gasteiger partial charge in [0.2, 0.25) is 5.91 Å². The molecule has 1 N–H and O–H groups in total. The van der Waals surface area contributed by atoms with Gasteiger partial charge in [-0.05, 0) is 56.8 Å². The summed E-state index contributed by atoms with van der Waals surface area (Å²) in [5.74, 6) is 0.449. The molecule has 2 aromatic rings. The predicted octanol–water partition coefficient (Wildman–Crippen LogP) is 3.79. The van der Waals surface area contributed by atoms with Gasteiger partial charge in [-0.15, -0.1) is 11.8 Å². The van der Waals surface area contributed by atoms with Crippen molar-refractivity contribution < 1.29 is 4.79 Å². The van der Waals surface area contributed by atoms with Crippen LogP contribution in [0.2, 0.25) is 0 Å². The van der Waals surface area contributed by atoms with Gasteiger partial charge in [0.15, 0.2) is 0 Å². The van der Waals surface area contributed by atoms with E-state index in [0.717, 1.165) is 36.8 Å². The second-order valence-corrected chi connectivity index (χ2v) is 7.99. The number of rotatable bonds is 5. The molecule has 5 heteroatoms. The zero-order chi connectivity index (χ0) is 18.5. The van der Waals surface area contributed by atoms with Crippen LogP contribution >= 0.6 is 11.8 Å². The van der Waals surface area contributed by atoms with Gasteiger partial charge in [-0.1, -0.05) is 17.7 Å². The van der Waals surface area contributed by atoms with E-state index < -0.39 is 0 Å². The number of thioether (sulfide) groups is 1. The first-order valence-corrected chi connectivity index (χ1v) is 10.0. The fourth-order valence-corrected chi connectivity index (χ4v) is 3.81. The lowest BCUT2D eigenvalue weighted by Crippen LogP contribution is -2.44. The molecule has 1 saturated heterocycles. The first-order chi connectivity index (χ1) is 12.5. The van der Waals surface area contributed by atoms with Gasteiger partial charge in [0.05, 0.1) is 5.75 Å². The number of nitrogens with zero attached hydrogens (tertiary/aromatic N) is 2. The van der Waals surface area contributed by atoms with E-state index in [-0.39, 0.29) is 5.91 Å². The van der Waals surface area contributed by atoms with Gasteiger partial charge in [-0.2, -0.15) is 0 Å². The minimum Gasteiger partial charge on any atom is -0.369 e. The van der Waals surface area contributed by atoms with Crippen molar-refractivity contribution in [2.45, 2.75) is 18.7 Å². The Kier molecular flexibility index (Phi) is 6.22. The summed E-state index contributed by atoms with van der Waals surface area (Å²) in [7, 11) is 2.16. The van der Waals surface area contributed by atoms with Crippen molar-refractivity contribution >= 4 is 29.0 Å². The lowest BCUT2D eigenvalue weighted by molar-refractivity contribution is -0.113. The van der Waals surface area contributed by atoms with Gasteiger partial charge in [0.25, 0.3) is 0 Å². The summed E-state index contributed by atoms with van der Waals surface area (Å²) < 4.78 is 0. The summed E-state index contributed by atoms with van der Waals surface area (Å²) in [5, 5.41) is 3.02. The largest absolute Gasteiger partial charge is 0.369 e. The molecule has 0 atom stereocenters. The molecular formula is C21H27N3OS. The van der Waals surface area contributed by atoms with E-state index in [0.29, 0.717) is 5.75 Å². The molecular weight excluding hydrogens is 342 g/mol. The molecule has 2 aromatic carbocycles. The lowest BCUT2D eigenvalue weighted by Gasteiger charge is -2.35. The highest BCUT2D eigenvalue weighted by Crippen LogP contribution is 2.25. The Morgan fingerprint density at radius 2 is 1.73 bits per heavy atom. The van der Waals surface area contributed by atoms with Gasteiger partial charge >= 0.3 is 0 Å². The molecule has 1 aliphatic heterocycles. The molecule has 138 valence electrons. The number of carbonyl (C=O) groups excluding carboxylic acids is 1. The molecule has 0 radical (unpaired) electrons. The Hall–Kier alpha value is -1.98. The average Bonchev–Trinajstić information content (AvgIpc) is 2.62. The molecule has 0 aromatic heterocycles. The van der Waals surface area contributed by atoms with Crippen LogP contribution < -0.4 is 10.2 Å². The van der Waals surface area contributed by atoms with Gasteiger partial charge in [-0.25, -0.2) is 0 Å². The number of piperazine rings is 1. The second kappa shape index (κ2) is 8.60. The van der Waals surface area contributed by atoms with E-state index in [1.54, 1.807) is 11.8 Å². The van der Waals surface area contributed by atoms with E-state index in [1.165, 1.54) is 16.8 Å². The van der Waals surface area contributed by atoms with Crippen molar-refractivity contribution in [2.75, 3.05) is 49.2 Å². The molecule has 0 bridgehead atoms. The number of nitrogens with one attached hydrogen (secondary N) is 1. The molecule has 1 fully saturated rings. The molecule has 3 rings (SSSR count). The number of benzene rings is 2. The van der Waals surface area contributed by atoms with Crippen LogP contribution in [0.4, 0.5) is 11.4 Å². The van der Waals surface area contributed by atoms with Crippen molar-refractivity contribution in [3.63, 3.8) is 0 Å². The Morgan fingerprint density at radius 1 is 1.04 bits per heavy atom. The lowest BCUT2D eigenvalue weighted by atomic mass is 10.1. The van der Waals surface area contributed by atoms with Crippen LogP contribution in [-0.4, -0.2) is 49.8 Å². The molecule has 0 spiro atoms. The van der Waals surface area contributed by atoms with Gasteiger partial charge in [-0.3, -0.25) is 4.79 Å². The van der Waals surface area contributed by atoms with E-state index in [2.05, 4.69) is 72.4 Å². The van der Waals surface area contributed by atoms with Crippen molar-refractivity contribution in [3.05, 3.63) is 53.6 Å². The van der Waals surface area contributed by atoms with Gasteiger partial charge < -0.3 is 15.1 Å². The zero-order valence-corrected chi connectivity index (χ0v) is 16.6. The van der Waals surface area contributed by atoms with E-state index in [1.807, 2.05) is 6.07 Å². The van der Waals surface area contributed by atoms with E-state index in [9.17, 15) is 4.79 Å². The molecule has 0 unspecified atom stereocenters. The van der Waals surface area contributed by atoms with Crippen LogP contribution in [0.25, 0.3) is 0 Å². The quantitative estimate of drug-likeness (QED) is 0.814. The normalized spacial score (nSPS) is 15.1. The number of hydrogen-bond donors (Lipinski definition) is 1. The first-order valence-electron chi connectivity index (χ1n) is 9.05. The van der Waals surface area contributed by atoms with Gasteiger partial charge in [0.1, 0.15) is 0 Å². The van der Waals surface area contributed by atoms with Crippen LogP contribution in [0.15, 0.2) is 47.4 Å². The third-order valence-corrected chi connectivity index (χ3v) is 5.73. The summed E-state index contributed by atoms with van der Waals surface area (Å²) in [4.78, 5) is 18.1. The average molecular weight is 370 g/mol. The Balaban J connectivity index is 1.55. The van der Waals surface area contributed by atoms with Crippen molar-refractivity contribution in [2.24, 2.45) is 0 Å².